The molecule has 1 fully saturated rings. The van der Waals surface area contributed by atoms with Crippen molar-refractivity contribution in [3.8, 4) is 0 Å². The summed E-state index contributed by atoms with van der Waals surface area (Å²) in [5, 5.41) is 1.39. The minimum atomic E-state index is -0.557. The molecule has 19 heavy (non-hydrogen) atoms. The van der Waals surface area contributed by atoms with E-state index >= 15 is 0 Å². The van der Waals surface area contributed by atoms with Crippen LogP contribution in [0.4, 0.5) is 0 Å². The van der Waals surface area contributed by atoms with Crippen molar-refractivity contribution in [2.75, 3.05) is 0 Å². The van der Waals surface area contributed by atoms with E-state index in [1.807, 2.05) is 6.92 Å². The number of nitrogens with zero attached hydrogens (tertiary/aromatic N) is 1. The molecule has 0 N–H and O–H groups in total. The average molecular weight is 295 g/mol. The van der Waals surface area contributed by atoms with Crippen molar-refractivity contribution in [1.29, 1.82) is 0 Å². The van der Waals surface area contributed by atoms with E-state index in [1.54, 1.807) is 11.8 Å². The molecule has 0 radical (unpaired) electrons. The van der Waals surface area contributed by atoms with Crippen LogP contribution in [-0.2, 0) is 19.2 Å². The van der Waals surface area contributed by atoms with Crippen molar-refractivity contribution in [3.05, 3.63) is 6.42 Å². The first-order chi connectivity index (χ1) is 8.40. The number of hydrogen-bond donors (Lipinski definition) is 0. The summed E-state index contributed by atoms with van der Waals surface area (Å²) in [5.41, 5.74) is 0. The van der Waals surface area contributed by atoms with E-state index < -0.39 is 17.8 Å². The molecule has 1 aliphatic rings. The fraction of sp³-hybridized carbons (Fsp3) is 0.667. The molecule has 1 rings (SSSR count). The fourth-order valence-corrected chi connectivity index (χ4v) is 2.74. The van der Waals surface area contributed by atoms with Gasteiger partial charge in [0.1, 0.15) is 5.91 Å². The molecule has 2 amide bonds. The molecule has 0 aromatic heterocycles. The Bertz CT molecular complexity index is 333. The van der Waals surface area contributed by atoms with Crippen molar-refractivity contribution in [1.82, 2.24) is 5.06 Å². The van der Waals surface area contributed by atoms with Crippen molar-refractivity contribution in [2.24, 2.45) is 0 Å². The number of hydroxylamine groups is 2. The third-order valence-corrected chi connectivity index (χ3v) is 3.58. The molecule has 0 aliphatic carbocycles. The van der Waals surface area contributed by atoms with Crippen LogP contribution in [0, 0.1) is 6.42 Å². The first-order valence-electron chi connectivity index (χ1n) is 5.96. The van der Waals surface area contributed by atoms with E-state index in [0.29, 0.717) is 22.0 Å². The van der Waals surface area contributed by atoms with Gasteiger partial charge in [0.05, 0.1) is 0 Å². The summed E-state index contributed by atoms with van der Waals surface area (Å²) in [6.07, 6.45) is 2.08. The fourth-order valence-electron chi connectivity index (χ4n) is 1.56. The number of amides is 2. The molecule has 0 spiro atoms. The van der Waals surface area contributed by atoms with Gasteiger partial charge in [-0.25, -0.2) is 4.79 Å². The maximum absolute atomic E-state index is 11.5. The predicted molar refractivity (Wildman–Crippen MR) is 68.3 cm³/mol. The van der Waals surface area contributed by atoms with Crippen LogP contribution >= 0.6 is 11.8 Å². The molecule has 1 unspecified atom stereocenters. The van der Waals surface area contributed by atoms with Gasteiger partial charge in [0.2, 0.25) is 5.91 Å². The zero-order valence-electron chi connectivity index (χ0n) is 11.8. The number of rotatable bonds is 6. The summed E-state index contributed by atoms with van der Waals surface area (Å²) in [6, 6.07) is 0. The van der Waals surface area contributed by atoms with Crippen LogP contribution in [-0.4, -0.2) is 33.3 Å². The minimum absolute atomic E-state index is 0. The van der Waals surface area contributed by atoms with Crippen LogP contribution in [0.15, 0.2) is 0 Å². The first kappa shape index (κ1) is 18.8. The molecule has 0 saturated carbocycles. The number of carbonyl (C=O) groups excluding carboxylic acids is 3. The van der Waals surface area contributed by atoms with Gasteiger partial charge in [-0.3, -0.25) is 11.2 Å². The second-order valence-electron chi connectivity index (χ2n) is 4.43. The van der Waals surface area contributed by atoms with Crippen molar-refractivity contribution in [3.63, 3.8) is 0 Å². The van der Waals surface area contributed by atoms with Crippen LogP contribution in [0.1, 0.15) is 40.0 Å². The van der Waals surface area contributed by atoms with Crippen LogP contribution in [0.25, 0.3) is 0 Å². The molecule has 0 aromatic rings. The van der Waals surface area contributed by atoms with Crippen LogP contribution in [0.3, 0.4) is 0 Å². The average Bonchev–Trinajstić information content (AvgIpc) is 2.57. The zero-order valence-corrected chi connectivity index (χ0v) is 14.7. The van der Waals surface area contributed by atoms with Gasteiger partial charge in [0.15, 0.2) is 0 Å². The zero-order chi connectivity index (χ0) is 13.7. The van der Waals surface area contributed by atoms with Crippen LogP contribution < -0.4 is 29.6 Å². The third-order valence-electron chi connectivity index (χ3n) is 2.33. The van der Waals surface area contributed by atoms with Crippen molar-refractivity contribution < 1.29 is 48.8 Å². The number of hydrogen-bond acceptors (Lipinski definition) is 5. The van der Waals surface area contributed by atoms with Crippen LogP contribution in [0.2, 0.25) is 0 Å². The van der Waals surface area contributed by atoms with Gasteiger partial charge >= 0.3 is 35.5 Å². The smallest absolute Gasteiger partial charge is 0.333 e. The largest absolute Gasteiger partial charge is 1.00 e. The van der Waals surface area contributed by atoms with Gasteiger partial charge in [-0.2, -0.15) is 11.8 Å². The summed E-state index contributed by atoms with van der Waals surface area (Å²) in [4.78, 5) is 38.6. The number of imide groups is 1. The molecular weight excluding hydrogens is 277 g/mol. The Kier molecular flexibility index (Phi) is 8.81. The van der Waals surface area contributed by atoms with Gasteiger partial charge in [0, 0.05) is 11.7 Å². The van der Waals surface area contributed by atoms with Crippen LogP contribution in [0.5, 0.6) is 0 Å². The third kappa shape index (κ3) is 6.70. The number of carbonyl (C=O) groups is 3. The molecule has 1 heterocycles. The molecule has 0 bridgehead atoms. The summed E-state index contributed by atoms with van der Waals surface area (Å²) >= 11 is 1.78. The van der Waals surface area contributed by atoms with E-state index in [4.69, 9.17) is 4.84 Å². The van der Waals surface area contributed by atoms with E-state index in [2.05, 4.69) is 13.8 Å². The first-order valence-corrected chi connectivity index (χ1v) is 6.90. The molecule has 1 saturated heterocycles. The summed E-state index contributed by atoms with van der Waals surface area (Å²) in [7, 11) is 0. The maximum atomic E-state index is 11.5. The topological polar surface area (TPSA) is 63.7 Å². The second-order valence-corrected chi connectivity index (χ2v) is 6.45. The van der Waals surface area contributed by atoms with Gasteiger partial charge in [-0.05, 0) is 11.7 Å². The van der Waals surface area contributed by atoms with E-state index in [9.17, 15) is 14.4 Å². The molecule has 0 aromatic carbocycles. The van der Waals surface area contributed by atoms with Gasteiger partial charge < -0.3 is 9.63 Å². The Morgan fingerprint density at radius 1 is 1.42 bits per heavy atom. The Labute approximate surface area is 140 Å². The van der Waals surface area contributed by atoms with Crippen molar-refractivity contribution in [2.45, 2.75) is 50.5 Å². The standard InChI is InChI=1S/C12H18NO4S.Na/c1-8(2)18-9(3)4-7-12(16)17-13-10(14)5-6-11(13)15;/h5,8-9H,4,6-7H2,1-3H3;/q-1;+1. The quantitative estimate of drug-likeness (QED) is 0.347. The summed E-state index contributed by atoms with van der Waals surface area (Å²) in [6.45, 7) is 6.23. The molecule has 7 heteroatoms. The SMILES string of the molecule is CC(C)SC(C)CCC(=O)ON1C(=O)[CH-]CC1=O.[Na+]. The van der Waals surface area contributed by atoms with E-state index in [0.717, 1.165) is 0 Å². The molecule has 5 nitrogen and oxygen atoms in total. The predicted octanol–water partition coefficient (Wildman–Crippen LogP) is -1.28. The molecular formula is C12H18NNaO4S. The van der Waals surface area contributed by atoms with E-state index in [1.165, 1.54) is 6.42 Å². The Morgan fingerprint density at radius 3 is 2.53 bits per heavy atom. The second kappa shape index (κ2) is 8.89. The van der Waals surface area contributed by atoms with Gasteiger partial charge in [-0.1, -0.05) is 27.2 Å². The minimum Gasteiger partial charge on any atom is -0.333 e. The Hall–Kier alpha value is -0.170. The maximum Gasteiger partial charge on any atom is 1.00 e. The van der Waals surface area contributed by atoms with Crippen molar-refractivity contribution >= 4 is 29.5 Å². The molecule has 1 atom stereocenters. The monoisotopic (exact) mass is 295 g/mol. The van der Waals surface area contributed by atoms with Gasteiger partial charge in [-0.15, -0.1) is 5.06 Å². The van der Waals surface area contributed by atoms with Gasteiger partial charge in [0.25, 0.3) is 0 Å². The summed E-state index contributed by atoms with van der Waals surface area (Å²) < 4.78 is 0. The summed E-state index contributed by atoms with van der Waals surface area (Å²) in [5.74, 6) is -1.58. The normalized spacial score (nSPS) is 16.1. The molecule has 102 valence electrons. The number of thioether (sulfide) groups is 1. The van der Waals surface area contributed by atoms with E-state index in [-0.39, 0.29) is 42.4 Å². The Balaban J connectivity index is 0.00000324. The Morgan fingerprint density at radius 2 is 2.05 bits per heavy atom. The molecule has 1 aliphatic heterocycles.